The quantitative estimate of drug-likeness (QED) is 0.520. The topological polar surface area (TPSA) is 68.8 Å². The summed E-state index contributed by atoms with van der Waals surface area (Å²) in [5, 5.41) is 9.02. The van der Waals surface area contributed by atoms with E-state index in [9.17, 15) is 4.79 Å². The second-order valence-electron chi connectivity index (χ2n) is 4.94. The summed E-state index contributed by atoms with van der Waals surface area (Å²) in [4.78, 5) is 18.1. The molecule has 0 bridgehead atoms. The van der Waals surface area contributed by atoms with Gasteiger partial charge in [-0.15, -0.1) is 0 Å². The Morgan fingerprint density at radius 3 is 2.67 bits per heavy atom. The zero-order valence-electron chi connectivity index (χ0n) is 13.2. The third-order valence-electron chi connectivity index (χ3n) is 2.95. The molecule has 0 heterocycles. The summed E-state index contributed by atoms with van der Waals surface area (Å²) in [5.41, 5.74) is 1.71. The van der Waals surface area contributed by atoms with E-state index in [4.69, 9.17) is 0 Å². The van der Waals surface area contributed by atoms with Gasteiger partial charge in [0.15, 0.2) is 5.96 Å². The number of carbonyl (C=O) groups is 1. The van der Waals surface area contributed by atoms with Gasteiger partial charge in [-0.3, -0.25) is 9.79 Å². The number of benzene rings is 1. The van der Waals surface area contributed by atoms with E-state index in [1.54, 1.807) is 7.05 Å². The molecule has 1 aromatic carbocycles. The number of carbonyl (C=O) groups excluding carboxylic acids is 1. The van der Waals surface area contributed by atoms with Crippen molar-refractivity contribution in [3.8, 4) is 0 Å². The Morgan fingerprint density at radius 1 is 1.29 bits per heavy atom. The van der Waals surface area contributed by atoms with E-state index in [0.717, 1.165) is 18.1 Å². The number of aliphatic imine (C=N–C) groups is 1. The monoisotopic (exact) mass is 291 g/mol. The molecule has 0 aromatic heterocycles. The van der Waals surface area contributed by atoms with Crippen LogP contribution in [0.25, 0.3) is 0 Å². The molecule has 116 valence electrons. The third-order valence-corrected chi connectivity index (χ3v) is 2.95. The summed E-state index contributed by atoms with van der Waals surface area (Å²) in [6.07, 6.45) is 0. The molecule has 0 fully saturated rings. The van der Waals surface area contributed by atoms with E-state index in [-0.39, 0.29) is 5.91 Å². The molecule has 0 radical (unpaired) electrons. The van der Waals surface area contributed by atoms with Crippen LogP contribution in [0.15, 0.2) is 29.3 Å². The van der Waals surface area contributed by atoms with Gasteiger partial charge < -0.3 is 20.9 Å². The molecule has 0 saturated heterocycles. The largest absolute Gasteiger partial charge is 0.359 e. The fourth-order valence-electron chi connectivity index (χ4n) is 1.78. The van der Waals surface area contributed by atoms with Crippen molar-refractivity contribution >= 4 is 11.9 Å². The SMILES string of the molecule is CN=C(NC)NCc1cccc(C(=O)NCCN(C)C)c1. The van der Waals surface area contributed by atoms with Crippen molar-refractivity contribution in [1.29, 1.82) is 0 Å². The van der Waals surface area contributed by atoms with Crippen molar-refractivity contribution < 1.29 is 4.79 Å². The molecule has 0 saturated carbocycles. The molecule has 1 rings (SSSR count). The van der Waals surface area contributed by atoms with E-state index < -0.39 is 0 Å². The maximum atomic E-state index is 12.0. The van der Waals surface area contributed by atoms with Gasteiger partial charge in [-0.05, 0) is 31.8 Å². The minimum absolute atomic E-state index is 0.0447. The van der Waals surface area contributed by atoms with Crippen molar-refractivity contribution in [1.82, 2.24) is 20.9 Å². The van der Waals surface area contributed by atoms with Crippen molar-refractivity contribution in [2.75, 3.05) is 41.3 Å². The predicted molar refractivity (Wildman–Crippen MR) is 86.6 cm³/mol. The number of nitrogens with zero attached hydrogens (tertiary/aromatic N) is 2. The van der Waals surface area contributed by atoms with Gasteiger partial charge in [0.2, 0.25) is 0 Å². The Morgan fingerprint density at radius 2 is 2.05 bits per heavy atom. The second-order valence-corrected chi connectivity index (χ2v) is 4.94. The van der Waals surface area contributed by atoms with E-state index >= 15 is 0 Å². The minimum atomic E-state index is -0.0447. The van der Waals surface area contributed by atoms with Crippen molar-refractivity contribution in [2.24, 2.45) is 4.99 Å². The van der Waals surface area contributed by atoms with E-state index in [1.165, 1.54) is 0 Å². The van der Waals surface area contributed by atoms with Crippen LogP contribution in [0.2, 0.25) is 0 Å². The second kappa shape index (κ2) is 8.97. The van der Waals surface area contributed by atoms with E-state index in [1.807, 2.05) is 50.3 Å². The van der Waals surface area contributed by atoms with Crippen LogP contribution in [0.1, 0.15) is 15.9 Å². The summed E-state index contributed by atoms with van der Waals surface area (Å²) in [7, 11) is 7.48. The summed E-state index contributed by atoms with van der Waals surface area (Å²) < 4.78 is 0. The Hall–Kier alpha value is -2.08. The van der Waals surface area contributed by atoms with Gasteiger partial charge >= 0.3 is 0 Å². The molecule has 0 unspecified atom stereocenters. The van der Waals surface area contributed by atoms with Crippen LogP contribution >= 0.6 is 0 Å². The average molecular weight is 291 g/mol. The molecule has 6 nitrogen and oxygen atoms in total. The zero-order valence-corrected chi connectivity index (χ0v) is 13.2. The van der Waals surface area contributed by atoms with Gasteiger partial charge in [-0.25, -0.2) is 0 Å². The van der Waals surface area contributed by atoms with Crippen LogP contribution in [0.4, 0.5) is 0 Å². The summed E-state index contributed by atoms with van der Waals surface area (Å²) >= 11 is 0. The van der Waals surface area contributed by atoms with Crippen LogP contribution in [-0.4, -0.2) is 58.0 Å². The summed E-state index contributed by atoms with van der Waals surface area (Å²) in [5.74, 6) is 0.674. The molecular weight excluding hydrogens is 266 g/mol. The number of hydrogen-bond donors (Lipinski definition) is 3. The van der Waals surface area contributed by atoms with Gasteiger partial charge in [-0.1, -0.05) is 12.1 Å². The highest BCUT2D eigenvalue weighted by molar-refractivity contribution is 5.94. The highest BCUT2D eigenvalue weighted by atomic mass is 16.1. The van der Waals surface area contributed by atoms with Gasteiger partial charge in [0.1, 0.15) is 0 Å². The normalized spacial score (nSPS) is 11.4. The lowest BCUT2D eigenvalue weighted by atomic mass is 10.1. The Kier molecular flexibility index (Phi) is 7.25. The molecule has 21 heavy (non-hydrogen) atoms. The van der Waals surface area contributed by atoms with Crippen LogP contribution < -0.4 is 16.0 Å². The number of nitrogens with one attached hydrogen (secondary N) is 3. The van der Waals surface area contributed by atoms with Gasteiger partial charge in [0, 0.05) is 39.3 Å². The number of likely N-dealkylation sites (N-methyl/N-ethyl adjacent to an activating group) is 1. The molecule has 0 atom stereocenters. The number of hydrogen-bond acceptors (Lipinski definition) is 3. The lowest BCUT2D eigenvalue weighted by Gasteiger charge is -2.11. The first-order chi connectivity index (χ1) is 10.1. The first-order valence-corrected chi connectivity index (χ1v) is 6.97. The maximum absolute atomic E-state index is 12.0. The third kappa shape index (κ3) is 6.27. The molecule has 1 aromatic rings. The van der Waals surface area contributed by atoms with E-state index in [2.05, 4.69) is 20.9 Å². The first-order valence-electron chi connectivity index (χ1n) is 6.97. The molecular formula is C15H25N5O. The predicted octanol–water partition coefficient (Wildman–Crippen LogP) is 0.273. The Balaban J connectivity index is 2.57. The number of amides is 1. The molecule has 0 spiro atoms. The molecule has 0 aliphatic carbocycles. The lowest BCUT2D eigenvalue weighted by molar-refractivity contribution is 0.0951. The fraction of sp³-hybridized carbons (Fsp3) is 0.467. The average Bonchev–Trinajstić information content (AvgIpc) is 2.48. The molecule has 6 heteroatoms. The number of rotatable bonds is 6. The number of guanidine groups is 1. The van der Waals surface area contributed by atoms with Crippen LogP contribution in [0.3, 0.4) is 0 Å². The zero-order chi connectivity index (χ0) is 15.7. The van der Waals surface area contributed by atoms with Gasteiger partial charge in [0.25, 0.3) is 5.91 Å². The molecule has 1 amide bonds. The molecule has 0 aliphatic rings. The first kappa shape index (κ1) is 17.0. The van der Waals surface area contributed by atoms with Gasteiger partial charge in [-0.2, -0.15) is 0 Å². The summed E-state index contributed by atoms with van der Waals surface area (Å²) in [6.45, 7) is 2.08. The lowest BCUT2D eigenvalue weighted by Crippen LogP contribution is -2.34. The minimum Gasteiger partial charge on any atom is -0.359 e. The summed E-state index contributed by atoms with van der Waals surface area (Å²) in [6, 6.07) is 7.58. The van der Waals surface area contributed by atoms with Crippen LogP contribution in [0, 0.1) is 0 Å². The maximum Gasteiger partial charge on any atom is 0.251 e. The standard InChI is InChI=1S/C15H25N5O/c1-16-15(17-2)19-11-12-6-5-7-13(10-12)14(21)18-8-9-20(3)4/h5-7,10H,8-9,11H2,1-4H3,(H,18,21)(H2,16,17,19). The van der Waals surface area contributed by atoms with Gasteiger partial charge in [0.05, 0.1) is 0 Å². The van der Waals surface area contributed by atoms with Crippen molar-refractivity contribution in [3.05, 3.63) is 35.4 Å². The van der Waals surface area contributed by atoms with Crippen LogP contribution in [0.5, 0.6) is 0 Å². The van der Waals surface area contributed by atoms with Crippen molar-refractivity contribution in [2.45, 2.75) is 6.54 Å². The van der Waals surface area contributed by atoms with Crippen LogP contribution in [-0.2, 0) is 6.54 Å². The smallest absolute Gasteiger partial charge is 0.251 e. The highest BCUT2D eigenvalue weighted by Crippen LogP contribution is 2.05. The highest BCUT2D eigenvalue weighted by Gasteiger charge is 2.06. The fourth-order valence-corrected chi connectivity index (χ4v) is 1.78. The van der Waals surface area contributed by atoms with E-state index in [0.29, 0.717) is 18.7 Å². The Labute approximate surface area is 126 Å². The molecule has 3 N–H and O–H groups in total. The Bertz CT molecular complexity index is 485. The molecule has 0 aliphatic heterocycles. The van der Waals surface area contributed by atoms with Crippen molar-refractivity contribution in [3.63, 3.8) is 0 Å².